The van der Waals surface area contributed by atoms with Gasteiger partial charge in [0.2, 0.25) is 5.91 Å². The second kappa shape index (κ2) is 7.77. The van der Waals surface area contributed by atoms with Crippen molar-refractivity contribution in [3.05, 3.63) is 35.6 Å². The Morgan fingerprint density at radius 1 is 1.14 bits per heavy atom. The molecule has 2 amide bonds. The number of benzene rings is 1. The maximum absolute atomic E-state index is 13.6. The fourth-order valence-corrected chi connectivity index (χ4v) is 2.48. The molecule has 1 saturated heterocycles. The summed E-state index contributed by atoms with van der Waals surface area (Å²) in [5, 5.41) is 0. The number of carbonyl (C=O) groups excluding carboxylic acids is 2. The highest BCUT2D eigenvalue weighted by atomic mass is 19.1. The highest BCUT2D eigenvalue weighted by Crippen LogP contribution is 2.11. The first-order chi connectivity index (χ1) is 10.6. The predicted molar refractivity (Wildman–Crippen MR) is 79.9 cm³/mol. The van der Waals surface area contributed by atoms with Gasteiger partial charge in [-0.3, -0.25) is 4.79 Å². The molecule has 0 aromatic heterocycles. The molecular weight excluding hydrogens is 287 g/mol. The van der Waals surface area contributed by atoms with Crippen molar-refractivity contribution >= 4 is 12.0 Å². The summed E-state index contributed by atoms with van der Waals surface area (Å²) in [4.78, 5) is 27.3. The lowest BCUT2D eigenvalue weighted by molar-refractivity contribution is -0.130. The number of hydrogen-bond donors (Lipinski definition) is 0. The Balaban J connectivity index is 1.92. The third-order valence-electron chi connectivity index (χ3n) is 3.67. The van der Waals surface area contributed by atoms with E-state index in [-0.39, 0.29) is 24.2 Å². The van der Waals surface area contributed by atoms with Crippen LogP contribution in [0.4, 0.5) is 9.18 Å². The van der Waals surface area contributed by atoms with E-state index >= 15 is 0 Å². The number of rotatable bonds is 3. The summed E-state index contributed by atoms with van der Waals surface area (Å²) in [6, 6.07) is 6.30. The molecule has 1 aromatic carbocycles. The molecule has 0 bridgehead atoms. The second-order valence-electron chi connectivity index (χ2n) is 5.19. The number of carbonyl (C=O) groups is 2. The van der Waals surface area contributed by atoms with E-state index in [4.69, 9.17) is 4.74 Å². The molecule has 6 heteroatoms. The van der Waals surface area contributed by atoms with Gasteiger partial charge in [0.15, 0.2) is 0 Å². The predicted octanol–water partition coefficient (Wildman–Crippen LogP) is 2.06. The van der Waals surface area contributed by atoms with Gasteiger partial charge in [-0.05, 0) is 25.0 Å². The van der Waals surface area contributed by atoms with Crippen molar-refractivity contribution in [1.29, 1.82) is 0 Å². The Bertz CT molecular complexity index is 536. The van der Waals surface area contributed by atoms with Gasteiger partial charge in [-0.15, -0.1) is 0 Å². The van der Waals surface area contributed by atoms with Gasteiger partial charge in [0, 0.05) is 26.2 Å². The summed E-state index contributed by atoms with van der Waals surface area (Å²) in [5.74, 6) is -0.477. The molecule has 0 unspecified atom stereocenters. The van der Waals surface area contributed by atoms with Gasteiger partial charge in [0.1, 0.15) is 5.82 Å². The van der Waals surface area contributed by atoms with Crippen LogP contribution in [0.3, 0.4) is 0 Å². The summed E-state index contributed by atoms with van der Waals surface area (Å²) >= 11 is 0. The van der Waals surface area contributed by atoms with Gasteiger partial charge in [-0.2, -0.15) is 0 Å². The standard InChI is InChI=1S/C16H21FN2O3/c1-2-22-16(21)19-9-5-8-18(10-11-19)15(20)12-13-6-3-4-7-14(13)17/h3-4,6-7H,2,5,8-12H2,1H3. The van der Waals surface area contributed by atoms with Crippen molar-refractivity contribution in [3.63, 3.8) is 0 Å². The average molecular weight is 308 g/mol. The Kier molecular flexibility index (Phi) is 5.75. The minimum Gasteiger partial charge on any atom is -0.450 e. The van der Waals surface area contributed by atoms with Crippen molar-refractivity contribution in [2.45, 2.75) is 19.8 Å². The van der Waals surface area contributed by atoms with Crippen LogP contribution in [0.2, 0.25) is 0 Å². The number of ether oxygens (including phenoxy) is 1. The molecule has 1 heterocycles. The molecule has 0 saturated carbocycles. The summed E-state index contributed by atoms with van der Waals surface area (Å²) in [7, 11) is 0. The van der Waals surface area contributed by atoms with Crippen LogP contribution in [0.15, 0.2) is 24.3 Å². The lowest BCUT2D eigenvalue weighted by Gasteiger charge is -2.21. The average Bonchev–Trinajstić information content (AvgIpc) is 2.76. The Labute approximate surface area is 129 Å². The van der Waals surface area contributed by atoms with E-state index in [1.165, 1.54) is 6.07 Å². The van der Waals surface area contributed by atoms with Crippen LogP contribution < -0.4 is 0 Å². The Morgan fingerprint density at radius 2 is 1.82 bits per heavy atom. The maximum Gasteiger partial charge on any atom is 0.409 e. The van der Waals surface area contributed by atoms with Gasteiger partial charge in [-0.25, -0.2) is 9.18 Å². The highest BCUT2D eigenvalue weighted by molar-refractivity contribution is 5.79. The van der Waals surface area contributed by atoms with Crippen molar-refractivity contribution < 1.29 is 18.7 Å². The third kappa shape index (κ3) is 4.19. The van der Waals surface area contributed by atoms with E-state index in [2.05, 4.69) is 0 Å². The number of nitrogens with zero attached hydrogens (tertiary/aromatic N) is 2. The summed E-state index contributed by atoms with van der Waals surface area (Å²) < 4.78 is 18.6. The number of amides is 2. The molecule has 120 valence electrons. The molecule has 0 N–H and O–H groups in total. The van der Waals surface area contributed by atoms with Crippen LogP contribution >= 0.6 is 0 Å². The number of halogens is 1. The molecular formula is C16H21FN2O3. The lowest BCUT2D eigenvalue weighted by atomic mass is 10.1. The van der Waals surface area contributed by atoms with Crippen LogP contribution in [0.25, 0.3) is 0 Å². The van der Waals surface area contributed by atoms with E-state index in [1.807, 2.05) is 0 Å². The first-order valence-electron chi connectivity index (χ1n) is 7.54. The van der Waals surface area contributed by atoms with E-state index < -0.39 is 0 Å². The van der Waals surface area contributed by atoms with E-state index in [0.717, 1.165) is 0 Å². The minimum atomic E-state index is -0.362. The molecule has 1 aromatic rings. The van der Waals surface area contributed by atoms with Crippen molar-refractivity contribution in [3.8, 4) is 0 Å². The smallest absolute Gasteiger partial charge is 0.409 e. The van der Waals surface area contributed by atoms with Crippen molar-refractivity contribution in [2.24, 2.45) is 0 Å². The first kappa shape index (κ1) is 16.3. The molecule has 1 aliphatic heterocycles. The van der Waals surface area contributed by atoms with Gasteiger partial charge >= 0.3 is 6.09 Å². The van der Waals surface area contributed by atoms with Crippen LogP contribution in [-0.4, -0.2) is 54.6 Å². The summed E-state index contributed by atoms with van der Waals surface area (Å²) in [6.07, 6.45) is 0.402. The second-order valence-corrected chi connectivity index (χ2v) is 5.19. The molecule has 0 atom stereocenters. The van der Waals surface area contributed by atoms with E-state index in [9.17, 15) is 14.0 Å². The lowest BCUT2D eigenvalue weighted by Crippen LogP contribution is -2.38. The zero-order valence-electron chi connectivity index (χ0n) is 12.8. The summed E-state index contributed by atoms with van der Waals surface area (Å²) in [6.45, 7) is 4.14. The SMILES string of the molecule is CCOC(=O)N1CCCN(C(=O)Cc2ccccc2F)CC1. The van der Waals surface area contributed by atoms with Gasteiger partial charge in [0.25, 0.3) is 0 Å². The first-order valence-corrected chi connectivity index (χ1v) is 7.54. The van der Waals surface area contributed by atoms with Gasteiger partial charge < -0.3 is 14.5 Å². The van der Waals surface area contributed by atoms with Crippen molar-refractivity contribution in [2.75, 3.05) is 32.8 Å². The number of hydrogen-bond acceptors (Lipinski definition) is 3. The van der Waals surface area contributed by atoms with Crippen LogP contribution in [0.1, 0.15) is 18.9 Å². The Morgan fingerprint density at radius 3 is 2.55 bits per heavy atom. The monoisotopic (exact) mass is 308 g/mol. The van der Waals surface area contributed by atoms with E-state index in [0.29, 0.717) is 44.8 Å². The maximum atomic E-state index is 13.6. The van der Waals surface area contributed by atoms with Gasteiger partial charge in [0.05, 0.1) is 13.0 Å². The molecule has 22 heavy (non-hydrogen) atoms. The van der Waals surface area contributed by atoms with E-state index in [1.54, 1.807) is 34.9 Å². The third-order valence-corrected chi connectivity index (χ3v) is 3.67. The normalized spacial score (nSPS) is 15.4. The quantitative estimate of drug-likeness (QED) is 0.859. The molecule has 1 aliphatic rings. The minimum absolute atomic E-state index is 0.0477. The molecule has 2 rings (SSSR count). The fraction of sp³-hybridized carbons (Fsp3) is 0.500. The zero-order valence-corrected chi connectivity index (χ0v) is 12.8. The van der Waals surface area contributed by atoms with Crippen LogP contribution in [-0.2, 0) is 16.0 Å². The highest BCUT2D eigenvalue weighted by Gasteiger charge is 2.23. The fourth-order valence-electron chi connectivity index (χ4n) is 2.48. The molecule has 0 aliphatic carbocycles. The summed E-state index contributed by atoms with van der Waals surface area (Å²) in [5.41, 5.74) is 0.402. The zero-order chi connectivity index (χ0) is 15.9. The van der Waals surface area contributed by atoms with Crippen molar-refractivity contribution in [1.82, 2.24) is 9.80 Å². The van der Waals surface area contributed by atoms with Crippen LogP contribution in [0.5, 0.6) is 0 Å². The Hall–Kier alpha value is -2.11. The van der Waals surface area contributed by atoms with Gasteiger partial charge in [-0.1, -0.05) is 18.2 Å². The molecule has 1 fully saturated rings. The topological polar surface area (TPSA) is 49.9 Å². The molecule has 5 nitrogen and oxygen atoms in total. The molecule has 0 spiro atoms. The van der Waals surface area contributed by atoms with Crippen LogP contribution in [0, 0.1) is 5.82 Å². The molecule has 0 radical (unpaired) electrons. The largest absolute Gasteiger partial charge is 0.450 e.